The van der Waals surface area contributed by atoms with E-state index in [2.05, 4.69) is 18.7 Å². The molecule has 33 heavy (non-hydrogen) atoms. The number of nitrogens with one attached hydrogen (secondary N) is 1. The Morgan fingerprint density at radius 3 is 2.48 bits per heavy atom. The average molecular weight is 468 g/mol. The number of fused-ring (bicyclic) bond motifs is 1. The van der Waals surface area contributed by atoms with Crippen molar-refractivity contribution >= 4 is 31.3 Å². The molecule has 6 nitrogen and oxygen atoms in total. The number of anilines is 1. The highest BCUT2D eigenvalue weighted by atomic mass is 32.2. The molecule has 176 valence electrons. The predicted octanol–water partition coefficient (Wildman–Crippen LogP) is 5.11. The van der Waals surface area contributed by atoms with Crippen LogP contribution in [0, 0.1) is 5.41 Å². The van der Waals surface area contributed by atoms with Crippen molar-refractivity contribution in [2.45, 2.75) is 51.2 Å². The van der Waals surface area contributed by atoms with Crippen molar-refractivity contribution in [2.24, 2.45) is 0 Å². The molecule has 1 aliphatic rings. The lowest BCUT2D eigenvalue weighted by Crippen LogP contribution is -2.30. The first-order valence-electron chi connectivity index (χ1n) is 11.4. The van der Waals surface area contributed by atoms with Crippen molar-refractivity contribution in [3.63, 3.8) is 0 Å². The summed E-state index contributed by atoms with van der Waals surface area (Å²) in [4.78, 5) is 2.44. The number of hydrogen-bond donors (Lipinski definition) is 2. The zero-order valence-electron chi connectivity index (χ0n) is 19.7. The van der Waals surface area contributed by atoms with E-state index in [4.69, 9.17) is 15.9 Å². The lowest BCUT2D eigenvalue weighted by Gasteiger charge is -2.20. The maximum absolute atomic E-state index is 13.3. The number of sulfone groups is 1. The standard InChI is InChI=1S/C24H27N3O3S.C2H6/c1-16(2)27-13-12-19(15-27)30-18-10-11-22(25)21(14-18)24(26)31(28,29)23-9-5-7-17-6-3-4-8-20(17)23;1-2/h3-11,14,16,19,26H,12-13,15,25H2,1-2H3;1-2H3. The normalized spacial score (nSPS) is 16.5. The second kappa shape index (κ2) is 10.4. The summed E-state index contributed by atoms with van der Waals surface area (Å²) in [7, 11) is -4.07. The highest BCUT2D eigenvalue weighted by Gasteiger charge is 2.28. The third-order valence-corrected chi connectivity index (χ3v) is 7.48. The number of nitrogens with two attached hydrogens (primary N) is 1. The van der Waals surface area contributed by atoms with E-state index in [1.165, 1.54) is 6.07 Å². The number of rotatable bonds is 5. The first-order chi connectivity index (χ1) is 15.8. The van der Waals surface area contributed by atoms with Crippen LogP contribution in [-0.4, -0.2) is 43.6 Å². The Bertz CT molecular complexity index is 1230. The average Bonchev–Trinajstić information content (AvgIpc) is 3.29. The minimum Gasteiger partial charge on any atom is -0.489 e. The molecule has 0 spiro atoms. The molecule has 1 heterocycles. The van der Waals surface area contributed by atoms with Crippen LogP contribution in [0.5, 0.6) is 5.75 Å². The SMILES string of the molecule is CC.CC(C)N1CCC(Oc2ccc(N)c(C(=N)S(=O)(=O)c3cccc4ccccc34)c2)C1. The minimum absolute atomic E-state index is 0.0303. The van der Waals surface area contributed by atoms with Crippen LogP contribution in [0.1, 0.15) is 39.7 Å². The molecule has 0 bridgehead atoms. The zero-order chi connectivity index (χ0) is 24.2. The van der Waals surface area contributed by atoms with Crippen LogP contribution in [0.3, 0.4) is 0 Å². The van der Waals surface area contributed by atoms with Gasteiger partial charge in [0.1, 0.15) is 11.9 Å². The first-order valence-corrected chi connectivity index (χ1v) is 12.9. The summed E-state index contributed by atoms with van der Waals surface area (Å²) >= 11 is 0. The molecule has 0 amide bonds. The van der Waals surface area contributed by atoms with Crippen molar-refractivity contribution in [3.05, 3.63) is 66.2 Å². The molecular weight excluding hydrogens is 434 g/mol. The molecular formula is C26H33N3O3S. The van der Waals surface area contributed by atoms with Gasteiger partial charge in [0.15, 0.2) is 5.04 Å². The van der Waals surface area contributed by atoms with E-state index in [9.17, 15) is 8.42 Å². The van der Waals surface area contributed by atoms with E-state index in [0.717, 1.165) is 24.9 Å². The van der Waals surface area contributed by atoms with Gasteiger partial charge in [-0.1, -0.05) is 50.2 Å². The maximum atomic E-state index is 13.3. The Labute approximate surface area is 196 Å². The second-order valence-electron chi connectivity index (χ2n) is 8.18. The second-order valence-corrected chi connectivity index (χ2v) is 10.0. The topological polar surface area (TPSA) is 96.5 Å². The van der Waals surface area contributed by atoms with Gasteiger partial charge in [0.05, 0.1) is 4.90 Å². The summed E-state index contributed by atoms with van der Waals surface area (Å²) in [5.41, 5.74) is 6.47. The molecule has 0 aliphatic carbocycles. The predicted molar refractivity (Wildman–Crippen MR) is 136 cm³/mol. The van der Waals surface area contributed by atoms with E-state index in [0.29, 0.717) is 17.2 Å². The molecule has 3 aromatic carbocycles. The van der Waals surface area contributed by atoms with Crippen LogP contribution < -0.4 is 10.5 Å². The smallest absolute Gasteiger partial charge is 0.224 e. The van der Waals surface area contributed by atoms with Crippen molar-refractivity contribution in [1.29, 1.82) is 5.41 Å². The van der Waals surface area contributed by atoms with Gasteiger partial charge < -0.3 is 10.5 Å². The fourth-order valence-electron chi connectivity index (χ4n) is 4.00. The first kappa shape index (κ1) is 24.7. The van der Waals surface area contributed by atoms with Gasteiger partial charge in [-0.25, -0.2) is 8.42 Å². The van der Waals surface area contributed by atoms with Crippen molar-refractivity contribution in [3.8, 4) is 5.75 Å². The van der Waals surface area contributed by atoms with Gasteiger partial charge in [0.25, 0.3) is 0 Å². The van der Waals surface area contributed by atoms with Crippen LogP contribution in [-0.2, 0) is 9.84 Å². The number of ether oxygens (including phenoxy) is 1. The van der Waals surface area contributed by atoms with Crippen molar-refractivity contribution in [2.75, 3.05) is 18.8 Å². The Balaban J connectivity index is 0.00000149. The molecule has 7 heteroatoms. The van der Waals surface area contributed by atoms with Crippen LogP contribution in [0.25, 0.3) is 10.8 Å². The molecule has 1 saturated heterocycles. The minimum atomic E-state index is -4.07. The molecule has 1 aliphatic heterocycles. The van der Waals surface area contributed by atoms with E-state index >= 15 is 0 Å². The van der Waals surface area contributed by atoms with Crippen molar-refractivity contribution in [1.82, 2.24) is 4.90 Å². The van der Waals surface area contributed by atoms with E-state index in [-0.39, 0.29) is 22.3 Å². The largest absolute Gasteiger partial charge is 0.489 e. The summed E-state index contributed by atoms with van der Waals surface area (Å²) in [5.74, 6) is 0.526. The number of nitrogen functional groups attached to an aromatic ring is 1. The zero-order valence-corrected chi connectivity index (χ0v) is 20.5. The lowest BCUT2D eigenvalue weighted by molar-refractivity contribution is 0.187. The van der Waals surface area contributed by atoms with Gasteiger partial charge in [-0.3, -0.25) is 10.3 Å². The molecule has 1 unspecified atom stereocenters. The van der Waals surface area contributed by atoms with Crippen LogP contribution in [0.2, 0.25) is 0 Å². The van der Waals surface area contributed by atoms with Gasteiger partial charge in [0, 0.05) is 35.8 Å². The molecule has 4 rings (SSSR count). The highest BCUT2D eigenvalue weighted by molar-refractivity contribution is 8.07. The van der Waals surface area contributed by atoms with Crippen LogP contribution >= 0.6 is 0 Å². The summed E-state index contributed by atoms with van der Waals surface area (Å²) in [6, 6.07) is 17.7. The quantitative estimate of drug-likeness (QED) is 0.309. The van der Waals surface area contributed by atoms with Gasteiger partial charge in [-0.15, -0.1) is 0 Å². The van der Waals surface area contributed by atoms with Crippen LogP contribution in [0.15, 0.2) is 65.6 Å². The third-order valence-electron chi connectivity index (χ3n) is 5.79. The highest BCUT2D eigenvalue weighted by Crippen LogP contribution is 2.30. The molecule has 0 aromatic heterocycles. The Kier molecular flexibility index (Phi) is 7.76. The fraction of sp³-hybridized carbons (Fsp3) is 0.346. The molecule has 1 fully saturated rings. The summed E-state index contributed by atoms with van der Waals surface area (Å²) in [6.07, 6.45) is 0.937. The number of likely N-dealkylation sites (tertiary alicyclic amines) is 1. The van der Waals surface area contributed by atoms with Crippen LogP contribution in [0.4, 0.5) is 5.69 Å². The van der Waals surface area contributed by atoms with E-state index < -0.39 is 14.9 Å². The Hall–Kier alpha value is -2.90. The molecule has 0 saturated carbocycles. The Morgan fingerprint density at radius 2 is 1.79 bits per heavy atom. The number of hydrogen-bond acceptors (Lipinski definition) is 6. The lowest BCUT2D eigenvalue weighted by atomic mass is 10.1. The van der Waals surface area contributed by atoms with Gasteiger partial charge in [-0.05, 0) is 49.9 Å². The Morgan fingerprint density at radius 1 is 1.09 bits per heavy atom. The number of nitrogens with zero attached hydrogens (tertiary/aromatic N) is 1. The van der Waals surface area contributed by atoms with Gasteiger partial charge >= 0.3 is 0 Å². The summed E-state index contributed by atoms with van der Waals surface area (Å²) in [6.45, 7) is 10.1. The number of benzene rings is 3. The molecule has 3 N–H and O–H groups in total. The molecule has 3 aromatic rings. The van der Waals surface area contributed by atoms with Crippen molar-refractivity contribution < 1.29 is 13.2 Å². The molecule has 0 radical (unpaired) electrons. The third kappa shape index (κ3) is 5.20. The van der Waals surface area contributed by atoms with E-state index in [1.54, 1.807) is 36.4 Å². The maximum Gasteiger partial charge on any atom is 0.224 e. The fourth-order valence-corrected chi connectivity index (χ4v) is 5.42. The van der Waals surface area contributed by atoms with Gasteiger partial charge in [-0.2, -0.15) is 0 Å². The summed E-state index contributed by atoms with van der Waals surface area (Å²) < 4.78 is 32.8. The monoisotopic (exact) mass is 467 g/mol. The summed E-state index contributed by atoms with van der Waals surface area (Å²) in [5, 5.41) is 9.38. The molecule has 1 atom stereocenters. The van der Waals surface area contributed by atoms with Gasteiger partial charge in [0.2, 0.25) is 9.84 Å². The van der Waals surface area contributed by atoms with E-state index in [1.807, 2.05) is 32.0 Å².